The molecule has 1 heterocycles. The second-order valence-electron chi connectivity index (χ2n) is 8.00. The fourth-order valence-electron chi connectivity index (χ4n) is 3.24. The van der Waals surface area contributed by atoms with Gasteiger partial charge in [0.05, 0.1) is 10.9 Å². The zero-order valence-electron chi connectivity index (χ0n) is 17.8. The SMILES string of the molecule is Cc1cc(F)ccc1NC(=O)C(C)NS(=O)(=O)c1cc(-c2noc(C3CC3)n2)ccc1C. The third-order valence-electron chi connectivity index (χ3n) is 5.28. The van der Waals surface area contributed by atoms with E-state index >= 15 is 0 Å². The van der Waals surface area contributed by atoms with Crippen molar-refractivity contribution in [2.24, 2.45) is 0 Å². The van der Waals surface area contributed by atoms with Crippen LogP contribution in [0.15, 0.2) is 45.8 Å². The first kappa shape index (κ1) is 22.1. The van der Waals surface area contributed by atoms with Crippen LogP contribution in [0.3, 0.4) is 0 Å². The Morgan fingerprint density at radius 3 is 2.59 bits per heavy atom. The highest BCUT2D eigenvalue weighted by molar-refractivity contribution is 7.89. The average molecular weight is 459 g/mol. The number of hydrogen-bond acceptors (Lipinski definition) is 6. The molecule has 32 heavy (non-hydrogen) atoms. The third-order valence-corrected chi connectivity index (χ3v) is 6.96. The summed E-state index contributed by atoms with van der Waals surface area (Å²) in [5.41, 5.74) is 1.95. The van der Waals surface area contributed by atoms with Gasteiger partial charge in [0.2, 0.25) is 27.6 Å². The lowest BCUT2D eigenvalue weighted by Crippen LogP contribution is -2.41. The van der Waals surface area contributed by atoms with Crippen molar-refractivity contribution in [3.63, 3.8) is 0 Å². The van der Waals surface area contributed by atoms with Crippen LogP contribution in [0.4, 0.5) is 10.1 Å². The van der Waals surface area contributed by atoms with Crippen molar-refractivity contribution in [2.45, 2.75) is 50.5 Å². The Morgan fingerprint density at radius 1 is 1.16 bits per heavy atom. The van der Waals surface area contributed by atoms with Gasteiger partial charge in [-0.3, -0.25) is 4.79 Å². The van der Waals surface area contributed by atoms with Crippen molar-refractivity contribution in [2.75, 3.05) is 5.32 Å². The summed E-state index contributed by atoms with van der Waals surface area (Å²) in [6, 6.07) is 7.71. The molecule has 1 aliphatic carbocycles. The molecule has 0 bridgehead atoms. The van der Waals surface area contributed by atoms with Crippen molar-refractivity contribution in [3.05, 3.63) is 59.2 Å². The minimum atomic E-state index is -4.03. The van der Waals surface area contributed by atoms with E-state index in [9.17, 15) is 17.6 Å². The van der Waals surface area contributed by atoms with Crippen molar-refractivity contribution in [3.8, 4) is 11.4 Å². The van der Waals surface area contributed by atoms with Crippen LogP contribution in [0.25, 0.3) is 11.4 Å². The average Bonchev–Trinajstić information content (AvgIpc) is 3.47. The topological polar surface area (TPSA) is 114 Å². The van der Waals surface area contributed by atoms with Crippen LogP contribution in [0.5, 0.6) is 0 Å². The molecule has 1 unspecified atom stereocenters. The molecule has 1 aromatic heterocycles. The molecule has 1 fully saturated rings. The first-order valence-corrected chi connectivity index (χ1v) is 11.7. The van der Waals surface area contributed by atoms with E-state index in [2.05, 4.69) is 20.2 Å². The van der Waals surface area contributed by atoms with Gasteiger partial charge in [-0.25, -0.2) is 12.8 Å². The van der Waals surface area contributed by atoms with E-state index in [1.54, 1.807) is 26.0 Å². The number of sulfonamides is 1. The number of carbonyl (C=O) groups is 1. The van der Waals surface area contributed by atoms with Gasteiger partial charge in [0.1, 0.15) is 5.82 Å². The van der Waals surface area contributed by atoms with E-state index < -0.39 is 27.8 Å². The van der Waals surface area contributed by atoms with Crippen molar-refractivity contribution in [1.29, 1.82) is 0 Å². The summed E-state index contributed by atoms with van der Waals surface area (Å²) < 4.78 is 47.0. The predicted molar refractivity (Wildman–Crippen MR) is 116 cm³/mol. The number of nitrogens with zero attached hydrogens (tertiary/aromatic N) is 2. The van der Waals surface area contributed by atoms with E-state index in [1.165, 1.54) is 31.2 Å². The molecule has 2 aromatic carbocycles. The van der Waals surface area contributed by atoms with Crippen LogP contribution in [-0.2, 0) is 14.8 Å². The number of rotatable bonds is 7. The molecule has 10 heteroatoms. The third kappa shape index (κ3) is 4.71. The van der Waals surface area contributed by atoms with Crippen molar-refractivity contribution in [1.82, 2.24) is 14.9 Å². The Bertz CT molecular complexity index is 1280. The van der Waals surface area contributed by atoms with Gasteiger partial charge in [0, 0.05) is 17.2 Å². The number of carbonyl (C=O) groups excluding carboxylic acids is 1. The Balaban J connectivity index is 1.52. The van der Waals surface area contributed by atoms with Crippen LogP contribution in [-0.4, -0.2) is 30.5 Å². The van der Waals surface area contributed by atoms with Crippen molar-refractivity contribution < 1.29 is 22.1 Å². The minimum Gasteiger partial charge on any atom is -0.339 e. The molecule has 0 radical (unpaired) electrons. The summed E-state index contributed by atoms with van der Waals surface area (Å²) in [7, 11) is -4.03. The lowest BCUT2D eigenvalue weighted by atomic mass is 10.1. The lowest BCUT2D eigenvalue weighted by Gasteiger charge is -2.17. The number of hydrogen-bond donors (Lipinski definition) is 2. The van der Waals surface area contributed by atoms with Gasteiger partial charge in [-0.1, -0.05) is 17.3 Å². The first-order chi connectivity index (χ1) is 15.1. The maximum atomic E-state index is 13.3. The van der Waals surface area contributed by atoms with Crippen LogP contribution in [0.2, 0.25) is 0 Å². The fraction of sp³-hybridized carbons (Fsp3) is 0.318. The summed E-state index contributed by atoms with van der Waals surface area (Å²) in [5.74, 6) is 0.181. The molecule has 1 atom stereocenters. The van der Waals surface area contributed by atoms with E-state index in [1.807, 2.05) is 0 Å². The number of nitrogens with one attached hydrogen (secondary N) is 2. The summed E-state index contributed by atoms with van der Waals surface area (Å²) in [5, 5.41) is 6.58. The van der Waals surface area contributed by atoms with E-state index in [0.717, 1.165) is 12.8 Å². The summed E-state index contributed by atoms with van der Waals surface area (Å²) in [4.78, 5) is 16.9. The molecule has 2 N–H and O–H groups in total. The largest absolute Gasteiger partial charge is 0.339 e. The van der Waals surface area contributed by atoms with Gasteiger partial charge < -0.3 is 9.84 Å². The molecule has 1 amide bonds. The highest BCUT2D eigenvalue weighted by atomic mass is 32.2. The van der Waals surface area contributed by atoms with Gasteiger partial charge in [-0.05, 0) is 69.0 Å². The molecule has 0 aliphatic heterocycles. The Morgan fingerprint density at radius 2 is 1.91 bits per heavy atom. The molecule has 168 valence electrons. The van der Waals surface area contributed by atoms with Gasteiger partial charge in [0.15, 0.2) is 0 Å². The lowest BCUT2D eigenvalue weighted by molar-refractivity contribution is -0.117. The van der Waals surface area contributed by atoms with Gasteiger partial charge in [-0.2, -0.15) is 9.71 Å². The number of halogens is 1. The molecular weight excluding hydrogens is 435 g/mol. The Kier molecular flexibility index (Phi) is 5.83. The smallest absolute Gasteiger partial charge is 0.242 e. The second kappa shape index (κ2) is 8.44. The van der Waals surface area contributed by atoms with Gasteiger partial charge >= 0.3 is 0 Å². The molecule has 1 aliphatic rings. The number of aromatic nitrogens is 2. The summed E-state index contributed by atoms with van der Waals surface area (Å²) in [6.45, 7) is 4.75. The molecule has 3 aromatic rings. The molecule has 0 saturated heterocycles. The maximum absolute atomic E-state index is 13.3. The second-order valence-corrected chi connectivity index (χ2v) is 9.68. The first-order valence-electron chi connectivity index (χ1n) is 10.2. The molecule has 1 saturated carbocycles. The minimum absolute atomic E-state index is 0.0189. The normalized spacial score (nSPS) is 14.9. The number of amides is 1. The highest BCUT2D eigenvalue weighted by Gasteiger charge is 2.30. The molecular formula is C22H23FN4O4S. The molecule has 8 nitrogen and oxygen atoms in total. The highest BCUT2D eigenvalue weighted by Crippen LogP contribution is 2.39. The van der Waals surface area contributed by atoms with E-state index in [-0.39, 0.29) is 10.8 Å². The van der Waals surface area contributed by atoms with Crippen LogP contribution < -0.4 is 10.0 Å². The quantitative estimate of drug-likeness (QED) is 0.558. The monoisotopic (exact) mass is 458 g/mol. The standard InChI is InChI=1S/C22H23FN4O4S/c1-12-4-5-16(20-25-22(31-26-20)15-6-7-15)11-19(12)32(29,30)27-14(3)21(28)24-18-9-8-17(23)10-13(18)2/h4-5,8-11,14-15,27H,6-7H2,1-3H3,(H,24,28). The number of aryl methyl sites for hydroxylation is 2. The predicted octanol–water partition coefficient (Wildman–Crippen LogP) is 3.68. The summed E-state index contributed by atoms with van der Waals surface area (Å²) in [6.07, 6.45) is 2.02. The van der Waals surface area contributed by atoms with E-state index in [0.29, 0.717) is 34.1 Å². The van der Waals surface area contributed by atoms with Gasteiger partial charge in [-0.15, -0.1) is 0 Å². The zero-order chi connectivity index (χ0) is 23.0. The number of benzene rings is 2. The van der Waals surface area contributed by atoms with E-state index in [4.69, 9.17) is 4.52 Å². The number of anilines is 1. The van der Waals surface area contributed by atoms with Crippen LogP contribution in [0, 0.1) is 19.7 Å². The fourth-order valence-corrected chi connectivity index (χ4v) is 4.71. The van der Waals surface area contributed by atoms with Gasteiger partial charge in [0.25, 0.3) is 0 Å². The molecule has 0 spiro atoms. The van der Waals surface area contributed by atoms with Crippen molar-refractivity contribution >= 4 is 21.6 Å². The summed E-state index contributed by atoms with van der Waals surface area (Å²) >= 11 is 0. The Labute approximate surface area is 185 Å². The zero-order valence-corrected chi connectivity index (χ0v) is 18.7. The molecule has 4 rings (SSSR count). The van der Waals surface area contributed by atoms with Crippen LogP contribution >= 0.6 is 0 Å². The maximum Gasteiger partial charge on any atom is 0.242 e. The van der Waals surface area contributed by atoms with Crippen LogP contribution in [0.1, 0.15) is 42.7 Å². The Hall–Kier alpha value is -3.11.